The fourth-order valence-electron chi connectivity index (χ4n) is 0.456. The van der Waals surface area contributed by atoms with Gasteiger partial charge in [-0.1, -0.05) is 11.6 Å². The van der Waals surface area contributed by atoms with E-state index in [0.717, 1.165) is 0 Å². The molecule has 3 heteroatoms. The van der Waals surface area contributed by atoms with Crippen molar-refractivity contribution < 1.29 is 0 Å². The van der Waals surface area contributed by atoms with Gasteiger partial charge < -0.3 is 5.43 Å². The minimum atomic E-state index is 0.701. The number of rotatable bonds is 0. The van der Waals surface area contributed by atoms with Crippen LogP contribution in [0.25, 0.3) is 0 Å². The molecule has 0 amide bonds. The summed E-state index contributed by atoms with van der Waals surface area (Å²) in [5.41, 5.74) is 2.88. The number of hydrogen-bond donors (Lipinski definition) is 1. The van der Waals surface area contributed by atoms with Crippen LogP contribution in [0.5, 0.6) is 0 Å². The molecule has 1 N–H and O–H groups in total. The van der Waals surface area contributed by atoms with Gasteiger partial charge in [0, 0.05) is 13.2 Å². The van der Waals surface area contributed by atoms with Crippen LogP contribution in [0.1, 0.15) is 0 Å². The zero-order chi connectivity index (χ0) is 5.98. The van der Waals surface area contributed by atoms with Gasteiger partial charge in [-0.25, -0.2) is 0 Å². The topological polar surface area (TPSA) is 15.3 Å². The molecule has 0 aromatic rings. The van der Waals surface area contributed by atoms with Gasteiger partial charge in [-0.15, -0.1) is 0 Å². The molecule has 1 aliphatic rings. The quantitative estimate of drug-likeness (QED) is 0.493. The Labute approximate surface area is 53.4 Å². The lowest BCUT2D eigenvalue weighted by atomic mass is 10.5. The van der Waals surface area contributed by atoms with Crippen LogP contribution in [0.3, 0.4) is 0 Å². The Kier molecular flexibility index (Phi) is 1.44. The van der Waals surface area contributed by atoms with Gasteiger partial charge in [0.25, 0.3) is 0 Å². The van der Waals surface area contributed by atoms with E-state index in [1.54, 1.807) is 5.01 Å². The molecule has 0 atom stereocenters. The number of halogens is 1. The van der Waals surface area contributed by atoms with Crippen molar-refractivity contribution in [1.29, 1.82) is 0 Å². The summed E-state index contributed by atoms with van der Waals surface area (Å²) in [6.45, 7) is 0. The predicted molar refractivity (Wildman–Crippen MR) is 34.0 cm³/mol. The van der Waals surface area contributed by atoms with Crippen molar-refractivity contribution in [3.8, 4) is 0 Å². The van der Waals surface area contributed by atoms with E-state index >= 15 is 0 Å². The molecule has 0 spiro atoms. The van der Waals surface area contributed by atoms with Crippen molar-refractivity contribution >= 4 is 11.6 Å². The first-order valence-corrected chi connectivity index (χ1v) is 2.71. The van der Waals surface area contributed by atoms with Crippen LogP contribution in [0.2, 0.25) is 0 Å². The molecule has 8 heavy (non-hydrogen) atoms. The molecule has 1 aliphatic heterocycles. The Balaban J connectivity index is 2.66. The third kappa shape index (κ3) is 0.954. The summed E-state index contributed by atoms with van der Waals surface area (Å²) in [6.07, 6.45) is 5.48. The van der Waals surface area contributed by atoms with Crippen molar-refractivity contribution in [2.45, 2.75) is 0 Å². The van der Waals surface area contributed by atoms with Crippen LogP contribution in [-0.4, -0.2) is 12.1 Å². The summed E-state index contributed by atoms with van der Waals surface area (Å²) in [7, 11) is 1.85. The van der Waals surface area contributed by atoms with E-state index in [4.69, 9.17) is 11.6 Å². The molecule has 0 saturated heterocycles. The highest BCUT2D eigenvalue weighted by atomic mass is 35.5. The van der Waals surface area contributed by atoms with Crippen molar-refractivity contribution in [3.05, 3.63) is 23.5 Å². The van der Waals surface area contributed by atoms with Crippen molar-refractivity contribution in [3.63, 3.8) is 0 Å². The molecule has 44 valence electrons. The second-order valence-corrected chi connectivity index (χ2v) is 1.92. The van der Waals surface area contributed by atoms with Crippen LogP contribution in [0.4, 0.5) is 0 Å². The second-order valence-electron chi connectivity index (χ2n) is 1.54. The molecule has 0 aromatic heterocycles. The van der Waals surface area contributed by atoms with Crippen LogP contribution >= 0.6 is 11.6 Å². The maximum atomic E-state index is 5.64. The summed E-state index contributed by atoms with van der Waals surface area (Å²) < 4.78 is 0. The minimum absolute atomic E-state index is 0.701. The summed E-state index contributed by atoms with van der Waals surface area (Å²) >= 11 is 5.64. The average molecular weight is 131 g/mol. The largest absolute Gasteiger partial charge is 0.305 e. The molecule has 1 rings (SSSR count). The van der Waals surface area contributed by atoms with Crippen LogP contribution < -0.4 is 5.43 Å². The lowest BCUT2D eigenvalue weighted by Crippen LogP contribution is -2.28. The lowest BCUT2D eigenvalue weighted by Gasteiger charge is -2.19. The molecular weight excluding hydrogens is 124 g/mol. The molecule has 0 aliphatic carbocycles. The Hall–Kier alpha value is -0.630. The van der Waals surface area contributed by atoms with Crippen molar-refractivity contribution in [2.75, 3.05) is 7.05 Å². The molecular formula is C5H7ClN2. The normalized spacial score (nSPS) is 17.8. The third-order valence-corrected chi connectivity index (χ3v) is 1.30. The lowest BCUT2D eigenvalue weighted by molar-refractivity contribution is 0.370. The van der Waals surface area contributed by atoms with Gasteiger partial charge in [-0.2, -0.15) is 0 Å². The zero-order valence-corrected chi connectivity index (χ0v) is 5.31. The molecule has 0 fully saturated rings. The van der Waals surface area contributed by atoms with Crippen LogP contribution in [0, 0.1) is 0 Å². The molecule has 0 radical (unpaired) electrons. The maximum absolute atomic E-state index is 5.64. The summed E-state index contributed by atoms with van der Waals surface area (Å²) in [5.74, 6) is 0. The van der Waals surface area contributed by atoms with Crippen LogP contribution in [-0.2, 0) is 0 Å². The highest BCUT2D eigenvalue weighted by molar-refractivity contribution is 6.29. The monoisotopic (exact) mass is 130 g/mol. The van der Waals surface area contributed by atoms with Crippen molar-refractivity contribution in [1.82, 2.24) is 10.4 Å². The Morgan fingerprint density at radius 3 is 2.88 bits per heavy atom. The van der Waals surface area contributed by atoms with Gasteiger partial charge in [-0.3, -0.25) is 5.01 Å². The Morgan fingerprint density at radius 2 is 2.50 bits per heavy atom. The Bertz CT molecular complexity index is 139. The van der Waals surface area contributed by atoms with Crippen molar-refractivity contribution in [2.24, 2.45) is 0 Å². The fourth-order valence-corrected chi connectivity index (χ4v) is 0.577. The van der Waals surface area contributed by atoms with E-state index in [1.807, 2.05) is 25.4 Å². The molecule has 0 bridgehead atoms. The first kappa shape index (κ1) is 5.51. The average Bonchev–Trinajstić information content (AvgIpc) is 1.77. The fraction of sp³-hybridized carbons (Fsp3) is 0.200. The van der Waals surface area contributed by atoms with E-state index in [-0.39, 0.29) is 0 Å². The van der Waals surface area contributed by atoms with Gasteiger partial charge in [0.1, 0.15) is 5.16 Å². The van der Waals surface area contributed by atoms with Gasteiger partial charge in [-0.05, 0) is 12.2 Å². The molecule has 0 aromatic carbocycles. The van der Waals surface area contributed by atoms with Gasteiger partial charge in [0.2, 0.25) is 0 Å². The SMILES string of the molecule is CN1NC=CC=C1Cl. The van der Waals surface area contributed by atoms with E-state index < -0.39 is 0 Å². The zero-order valence-electron chi connectivity index (χ0n) is 4.56. The standard InChI is InChI=1S/C5H7ClN2/c1-8-5(6)3-2-4-7-8/h2-4,7H,1H3. The number of hydrogen-bond acceptors (Lipinski definition) is 2. The number of allylic oxidation sites excluding steroid dienone is 2. The van der Waals surface area contributed by atoms with E-state index in [0.29, 0.717) is 5.16 Å². The number of nitrogens with zero attached hydrogens (tertiary/aromatic N) is 1. The molecule has 0 unspecified atom stereocenters. The summed E-state index contributed by atoms with van der Waals surface area (Å²) in [6, 6.07) is 0. The Morgan fingerprint density at radius 1 is 1.75 bits per heavy atom. The first-order chi connectivity index (χ1) is 3.80. The minimum Gasteiger partial charge on any atom is -0.305 e. The van der Waals surface area contributed by atoms with Gasteiger partial charge in [0.05, 0.1) is 0 Å². The second kappa shape index (κ2) is 2.09. The van der Waals surface area contributed by atoms with E-state index in [1.165, 1.54) is 0 Å². The van der Waals surface area contributed by atoms with Gasteiger partial charge >= 0.3 is 0 Å². The van der Waals surface area contributed by atoms with E-state index in [2.05, 4.69) is 5.43 Å². The summed E-state index contributed by atoms with van der Waals surface area (Å²) in [5, 5.41) is 2.43. The summed E-state index contributed by atoms with van der Waals surface area (Å²) in [4.78, 5) is 0. The third-order valence-electron chi connectivity index (χ3n) is 0.919. The number of nitrogens with one attached hydrogen (secondary N) is 1. The molecule has 0 saturated carbocycles. The molecule has 1 heterocycles. The molecule has 2 nitrogen and oxygen atoms in total. The first-order valence-electron chi connectivity index (χ1n) is 2.33. The van der Waals surface area contributed by atoms with E-state index in [9.17, 15) is 0 Å². The predicted octanol–water partition coefficient (Wildman–Crippen LogP) is 1.03. The van der Waals surface area contributed by atoms with Crippen LogP contribution in [0.15, 0.2) is 23.5 Å². The van der Waals surface area contributed by atoms with Gasteiger partial charge in [0.15, 0.2) is 0 Å². The maximum Gasteiger partial charge on any atom is 0.123 e. The smallest absolute Gasteiger partial charge is 0.123 e. The number of hydrazine groups is 1. The highest BCUT2D eigenvalue weighted by Gasteiger charge is 1.97. The highest BCUT2D eigenvalue weighted by Crippen LogP contribution is 2.06.